The normalized spacial score (nSPS) is 15.7. The predicted molar refractivity (Wildman–Crippen MR) is 127 cm³/mol. The summed E-state index contributed by atoms with van der Waals surface area (Å²) < 4.78 is 22.5. The Labute approximate surface area is 203 Å². The number of nitrogens with zero attached hydrogens (tertiary/aromatic N) is 1. The highest BCUT2D eigenvalue weighted by atomic mass is 16.5. The van der Waals surface area contributed by atoms with Gasteiger partial charge < -0.3 is 28.3 Å². The molecule has 0 spiro atoms. The fourth-order valence-corrected chi connectivity index (χ4v) is 4.12. The Morgan fingerprint density at radius 3 is 2.51 bits per heavy atom. The third-order valence-corrected chi connectivity index (χ3v) is 5.79. The molecule has 1 N–H and O–H groups in total. The molecule has 0 radical (unpaired) electrons. The van der Waals surface area contributed by atoms with Crippen molar-refractivity contribution in [2.75, 3.05) is 13.2 Å². The third-order valence-electron chi connectivity index (χ3n) is 5.79. The van der Waals surface area contributed by atoms with Crippen molar-refractivity contribution in [2.24, 2.45) is 0 Å². The number of rotatable bonds is 12. The van der Waals surface area contributed by atoms with Crippen LogP contribution in [-0.4, -0.2) is 34.9 Å². The molecule has 0 bridgehead atoms. The van der Waals surface area contributed by atoms with Gasteiger partial charge in [0.1, 0.15) is 5.76 Å². The van der Waals surface area contributed by atoms with Gasteiger partial charge in [0.15, 0.2) is 23.0 Å². The highest BCUT2D eigenvalue weighted by molar-refractivity contribution is 6.15. The predicted octanol–water partition coefficient (Wildman–Crippen LogP) is 5.62. The van der Waals surface area contributed by atoms with Gasteiger partial charge in [0.2, 0.25) is 5.78 Å². The molecule has 4 rings (SSSR count). The van der Waals surface area contributed by atoms with E-state index in [1.807, 2.05) is 6.92 Å². The van der Waals surface area contributed by atoms with E-state index in [9.17, 15) is 14.7 Å². The maximum Gasteiger partial charge on any atom is 0.290 e. The molecule has 35 heavy (non-hydrogen) atoms. The van der Waals surface area contributed by atoms with Crippen molar-refractivity contribution in [2.45, 2.75) is 45.7 Å². The Morgan fingerprint density at radius 1 is 1.03 bits per heavy atom. The van der Waals surface area contributed by atoms with Gasteiger partial charge in [-0.3, -0.25) is 9.59 Å². The average molecular weight is 480 g/mol. The Balaban J connectivity index is 1.73. The summed E-state index contributed by atoms with van der Waals surface area (Å²) in [4.78, 5) is 27.8. The second-order valence-electron chi connectivity index (χ2n) is 8.18. The first-order chi connectivity index (χ1) is 17.0. The van der Waals surface area contributed by atoms with Crippen molar-refractivity contribution in [3.05, 3.63) is 83.4 Å². The van der Waals surface area contributed by atoms with Crippen LogP contribution in [0.4, 0.5) is 0 Å². The van der Waals surface area contributed by atoms with Crippen molar-refractivity contribution in [1.82, 2.24) is 4.90 Å². The first-order valence-corrected chi connectivity index (χ1v) is 11.8. The summed E-state index contributed by atoms with van der Waals surface area (Å²) in [5.41, 5.74) is 0.531. The van der Waals surface area contributed by atoms with E-state index in [1.165, 1.54) is 23.5 Å². The lowest BCUT2D eigenvalue weighted by Crippen LogP contribution is -2.30. The number of carbonyl (C=O) groups excluding carboxylic acids is 2. The summed E-state index contributed by atoms with van der Waals surface area (Å²) in [6.07, 6.45) is 5.96. The molecule has 0 fully saturated rings. The quantitative estimate of drug-likeness (QED) is 0.266. The summed E-state index contributed by atoms with van der Waals surface area (Å²) in [6.45, 7) is 5.03. The van der Waals surface area contributed by atoms with Gasteiger partial charge in [-0.25, -0.2) is 0 Å². The number of furan rings is 2. The van der Waals surface area contributed by atoms with Crippen LogP contribution >= 0.6 is 0 Å². The zero-order valence-electron chi connectivity index (χ0n) is 19.9. The largest absolute Gasteiger partial charge is 0.503 e. The van der Waals surface area contributed by atoms with E-state index in [-0.39, 0.29) is 17.9 Å². The maximum absolute atomic E-state index is 13.3. The van der Waals surface area contributed by atoms with E-state index in [4.69, 9.17) is 18.3 Å². The number of Topliss-reactive ketones (excluding diaryl/α,β-unsaturated/α-hetero) is 1. The van der Waals surface area contributed by atoms with Crippen molar-refractivity contribution in [3.63, 3.8) is 0 Å². The minimum Gasteiger partial charge on any atom is -0.503 e. The van der Waals surface area contributed by atoms with Crippen molar-refractivity contribution < 1.29 is 33.0 Å². The molecule has 1 atom stereocenters. The van der Waals surface area contributed by atoms with Crippen LogP contribution in [-0.2, 0) is 11.3 Å². The summed E-state index contributed by atoms with van der Waals surface area (Å²) in [7, 11) is 0. The van der Waals surface area contributed by atoms with Gasteiger partial charge in [-0.15, -0.1) is 0 Å². The summed E-state index contributed by atoms with van der Waals surface area (Å²) >= 11 is 0. The molecule has 0 aliphatic carbocycles. The molecule has 184 valence electrons. The minimum atomic E-state index is -0.876. The lowest BCUT2D eigenvalue weighted by molar-refractivity contribution is -0.130. The van der Waals surface area contributed by atoms with Crippen molar-refractivity contribution >= 4 is 11.7 Å². The number of aliphatic hydroxyl groups excluding tert-OH is 1. The Bertz CT molecular complexity index is 1180. The molecule has 1 aromatic carbocycles. The molecule has 3 heterocycles. The van der Waals surface area contributed by atoms with Crippen LogP contribution in [0.3, 0.4) is 0 Å². The van der Waals surface area contributed by atoms with Crippen LogP contribution in [0.15, 0.2) is 75.2 Å². The van der Waals surface area contributed by atoms with E-state index in [0.717, 1.165) is 19.3 Å². The van der Waals surface area contributed by atoms with E-state index in [2.05, 4.69) is 6.92 Å². The molecule has 2 aromatic heterocycles. The zero-order chi connectivity index (χ0) is 24.8. The lowest BCUT2D eigenvalue weighted by atomic mass is 9.94. The van der Waals surface area contributed by atoms with Gasteiger partial charge in [-0.05, 0) is 55.3 Å². The number of aliphatic hydroxyl groups is 1. The lowest BCUT2D eigenvalue weighted by Gasteiger charge is -2.26. The average Bonchev–Trinajstić information content (AvgIpc) is 3.62. The minimum absolute atomic E-state index is 0.0325. The smallest absolute Gasteiger partial charge is 0.290 e. The topological polar surface area (TPSA) is 102 Å². The number of hydrogen-bond donors (Lipinski definition) is 1. The Hall–Kier alpha value is -3.94. The number of carbonyl (C=O) groups is 2. The molecular weight excluding hydrogens is 450 g/mol. The van der Waals surface area contributed by atoms with Crippen LogP contribution in [0.5, 0.6) is 11.5 Å². The summed E-state index contributed by atoms with van der Waals surface area (Å²) in [6, 6.07) is 10.9. The first kappa shape index (κ1) is 24.2. The summed E-state index contributed by atoms with van der Waals surface area (Å²) in [5, 5.41) is 10.8. The fraction of sp³-hybridized carbons (Fsp3) is 0.333. The molecule has 0 saturated carbocycles. The van der Waals surface area contributed by atoms with Gasteiger partial charge in [-0.2, -0.15) is 0 Å². The molecular formula is C27H29NO7. The van der Waals surface area contributed by atoms with Crippen molar-refractivity contribution in [1.29, 1.82) is 0 Å². The van der Waals surface area contributed by atoms with Crippen molar-refractivity contribution in [3.8, 4) is 11.5 Å². The van der Waals surface area contributed by atoms with Crippen LogP contribution in [0.1, 0.15) is 61.0 Å². The highest BCUT2D eigenvalue weighted by Crippen LogP contribution is 2.42. The monoisotopic (exact) mass is 479 g/mol. The number of ketones is 1. The molecule has 1 unspecified atom stereocenters. The Kier molecular flexibility index (Phi) is 7.60. The number of hydrogen-bond acceptors (Lipinski definition) is 7. The highest BCUT2D eigenvalue weighted by Gasteiger charge is 2.45. The molecule has 0 saturated heterocycles. The van der Waals surface area contributed by atoms with E-state index in [1.54, 1.807) is 36.4 Å². The zero-order valence-corrected chi connectivity index (χ0v) is 19.9. The summed E-state index contributed by atoms with van der Waals surface area (Å²) in [5.74, 6) is -0.205. The van der Waals surface area contributed by atoms with E-state index in [0.29, 0.717) is 36.0 Å². The standard InChI is InChI=1S/C27H29NO7/c1-3-5-6-13-34-20-12-11-18(16-22(20)32-4-2)24-23(25(29)21-10-8-15-35-21)26(30)27(31)28(24)17-19-9-7-14-33-19/h7-12,14-16,24,30H,3-6,13,17H2,1-2H3. The van der Waals surface area contributed by atoms with Crippen LogP contribution in [0.25, 0.3) is 0 Å². The molecule has 1 aliphatic rings. The Morgan fingerprint density at radius 2 is 1.83 bits per heavy atom. The number of amides is 1. The number of unbranched alkanes of at least 4 members (excludes halogenated alkanes) is 2. The van der Waals surface area contributed by atoms with E-state index >= 15 is 0 Å². The van der Waals surface area contributed by atoms with Crippen LogP contribution in [0.2, 0.25) is 0 Å². The van der Waals surface area contributed by atoms with Gasteiger partial charge >= 0.3 is 0 Å². The fourth-order valence-electron chi connectivity index (χ4n) is 4.12. The molecule has 8 nitrogen and oxygen atoms in total. The molecule has 8 heteroatoms. The molecule has 3 aromatic rings. The second-order valence-corrected chi connectivity index (χ2v) is 8.18. The van der Waals surface area contributed by atoms with Gasteiger partial charge in [0.25, 0.3) is 5.91 Å². The maximum atomic E-state index is 13.3. The molecule has 1 amide bonds. The number of benzene rings is 1. The van der Waals surface area contributed by atoms with Crippen LogP contribution < -0.4 is 9.47 Å². The molecule has 1 aliphatic heterocycles. The SMILES string of the molecule is CCCCCOc1ccc(C2C(C(=O)c3ccco3)=C(O)C(=O)N2Cc2ccco2)cc1OCC. The van der Waals surface area contributed by atoms with Gasteiger partial charge in [-0.1, -0.05) is 25.8 Å². The number of ether oxygens (including phenoxy) is 2. The third kappa shape index (κ3) is 5.11. The van der Waals surface area contributed by atoms with Gasteiger partial charge in [0.05, 0.1) is 43.9 Å². The first-order valence-electron chi connectivity index (χ1n) is 11.8. The van der Waals surface area contributed by atoms with Gasteiger partial charge in [0, 0.05) is 0 Å². The second kappa shape index (κ2) is 11.0. The van der Waals surface area contributed by atoms with E-state index < -0.39 is 23.5 Å². The van der Waals surface area contributed by atoms with Crippen LogP contribution in [0, 0.1) is 0 Å².